The van der Waals surface area contributed by atoms with E-state index in [0.29, 0.717) is 22.8 Å². The first-order valence-electron chi connectivity index (χ1n) is 7.45. The van der Waals surface area contributed by atoms with Crippen LogP contribution >= 0.6 is 7.82 Å². The molecular formula is C17H15Na2O8P. The van der Waals surface area contributed by atoms with Crippen molar-refractivity contribution < 1.29 is 96.9 Å². The molecule has 1 aliphatic rings. The van der Waals surface area contributed by atoms with Gasteiger partial charge in [0.25, 0.3) is 0 Å². The van der Waals surface area contributed by atoms with Crippen LogP contribution in [0.15, 0.2) is 30.3 Å². The SMILES string of the molecule is COc1ccc(/C=C\c2cc(OC)c3c(c2)OCO3)cc1OP(=O)([O-])[O-].[Na+].[Na+]. The molecule has 0 saturated carbocycles. The Labute approximate surface area is 206 Å². The van der Waals surface area contributed by atoms with Gasteiger partial charge in [0.15, 0.2) is 23.0 Å². The van der Waals surface area contributed by atoms with Gasteiger partial charge in [0.1, 0.15) is 7.82 Å². The Morgan fingerprint density at radius 3 is 2.21 bits per heavy atom. The Morgan fingerprint density at radius 2 is 1.57 bits per heavy atom. The summed E-state index contributed by atoms with van der Waals surface area (Å²) in [6.07, 6.45) is 3.48. The molecule has 2 aromatic carbocycles. The molecule has 1 aliphatic heterocycles. The molecule has 2 aromatic rings. The largest absolute Gasteiger partial charge is 1.00 e. The molecule has 1 heterocycles. The summed E-state index contributed by atoms with van der Waals surface area (Å²) in [4.78, 5) is 21.8. The van der Waals surface area contributed by atoms with Crippen molar-refractivity contribution in [3.63, 3.8) is 0 Å². The molecular weight excluding hydrogens is 409 g/mol. The van der Waals surface area contributed by atoms with Crippen LogP contribution in [-0.2, 0) is 4.57 Å². The van der Waals surface area contributed by atoms with Crippen LogP contribution in [0.25, 0.3) is 12.2 Å². The third-order valence-electron chi connectivity index (χ3n) is 3.55. The first-order chi connectivity index (χ1) is 12.4. The summed E-state index contributed by atoms with van der Waals surface area (Å²) in [6.45, 7) is 0.127. The molecule has 0 unspecified atom stereocenters. The Kier molecular flexibility index (Phi) is 9.89. The van der Waals surface area contributed by atoms with Crippen LogP contribution < -0.4 is 92.4 Å². The van der Waals surface area contributed by atoms with Gasteiger partial charge in [-0.3, -0.25) is 0 Å². The normalized spacial score (nSPS) is 12.1. The van der Waals surface area contributed by atoms with E-state index >= 15 is 0 Å². The maximum Gasteiger partial charge on any atom is 1.00 e. The number of benzene rings is 2. The van der Waals surface area contributed by atoms with Gasteiger partial charge in [0.2, 0.25) is 12.5 Å². The van der Waals surface area contributed by atoms with Crippen molar-refractivity contribution in [2.24, 2.45) is 0 Å². The number of hydrogen-bond acceptors (Lipinski definition) is 8. The number of hydrogen-bond donors (Lipinski definition) is 0. The monoisotopic (exact) mass is 424 g/mol. The zero-order valence-electron chi connectivity index (χ0n) is 16.0. The average molecular weight is 424 g/mol. The van der Waals surface area contributed by atoms with Crippen LogP contribution in [0, 0.1) is 0 Å². The molecule has 0 atom stereocenters. The van der Waals surface area contributed by atoms with E-state index < -0.39 is 7.82 Å². The first kappa shape index (κ1) is 25.4. The minimum absolute atomic E-state index is 0. The molecule has 0 spiro atoms. The van der Waals surface area contributed by atoms with Crippen LogP contribution in [0.4, 0.5) is 0 Å². The Bertz CT molecular complexity index is 897. The minimum atomic E-state index is -5.20. The van der Waals surface area contributed by atoms with E-state index in [2.05, 4.69) is 4.52 Å². The second kappa shape index (κ2) is 10.9. The summed E-state index contributed by atoms with van der Waals surface area (Å²) in [6, 6.07) is 8.14. The number of fused-ring (bicyclic) bond motifs is 1. The van der Waals surface area contributed by atoms with E-state index in [1.807, 2.05) is 0 Å². The summed E-state index contributed by atoms with van der Waals surface area (Å²) >= 11 is 0. The van der Waals surface area contributed by atoms with Crippen molar-refractivity contribution in [1.82, 2.24) is 0 Å². The van der Waals surface area contributed by atoms with E-state index in [4.69, 9.17) is 18.9 Å². The number of phosphoric ester groups is 1. The second-order valence-electron chi connectivity index (χ2n) is 5.24. The minimum Gasteiger partial charge on any atom is -0.780 e. The maximum atomic E-state index is 10.9. The van der Waals surface area contributed by atoms with Gasteiger partial charge in [-0.05, 0) is 35.4 Å². The van der Waals surface area contributed by atoms with Crippen molar-refractivity contribution >= 4 is 20.0 Å². The zero-order chi connectivity index (χ0) is 18.7. The van der Waals surface area contributed by atoms with Gasteiger partial charge in [0.05, 0.1) is 14.2 Å². The standard InChI is InChI=1S/C17H17O8P.2Na/c1-21-13-6-5-11(7-14(13)25-26(18,19)20)3-4-12-8-15(22-2)17-16(9-12)23-10-24-17;;/h3-9H,10H2,1-2H3,(H2,18,19,20);;/q;2*+1/p-2/b4-3-;;. The third kappa shape index (κ3) is 6.42. The maximum absolute atomic E-state index is 10.9. The van der Waals surface area contributed by atoms with Crippen LogP contribution in [0.3, 0.4) is 0 Å². The van der Waals surface area contributed by atoms with Crippen molar-refractivity contribution in [3.8, 4) is 28.7 Å². The topological polar surface area (TPSA) is 109 Å². The van der Waals surface area contributed by atoms with Crippen molar-refractivity contribution in [2.75, 3.05) is 21.0 Å². The average Bonchev–Trinajstić information content (AvgIpc) is 3.06. The molecule has 0 saturated heterocycles. The van der Waals surface area contributed by atoms with Gasteiger partial charge in [-0.15, -0.1) is 0 Å². The van der Waals surface area contributed by atoms with Gasteiger partial charge in [0, 0.05) is 0 Å². The molecule has 0 N–H and O–H groups in total. The fraction of sp³-hybridized carbons (Fsp3) is 0.176. The first-order valence-corrected chi connectivity index (χ1v) is 8.91. The summed E-state index contributed by atoms with van der Waals surface area (Å²) < 4.78 is 36.3. The fourth-order valence-electron chi connectivity index (χ4n) is 2.43. The summed E-state index contributed by atoms with van der Waals surface area (Å²) in [5, 5.41) is 0. The molecule has 0 radical (unpaired) electrons. The summed E-state index contributed by atoms with van der Waals surface area (Å²) in [7, 11) is -2.32. The smallest absolute Gasteiger partial charge is 0.780 e. The molecule has 138 valence electrons. The van der Waals surface area contributed by atoms with Crippen LogP contribution in [-0.4, -0.2) is 21.0 Å². The Hall–Kier alpha value is -0.670. The predicted octanol–water partition coefficient (Wildman–Crippen LogP) is -4.18. The predicted molar refractivity (Wildman–Crippen MR) is 89.3 cm³/mol. The van der Waals surface area contributed by atoms with E-state index in [9.17, 15) is 14.4 Å². The Morgan fingerprint density at radius 1 is 0.929 bits per heavy atom. The number of rotatable bonds is 6. The molecule has 0 aromatic heterocycles. The van der Waals surface area contributed by atoms with Crippen molar-refractivity contribution in [3.05, 3.63) is 41.5 Å². The molecule has 11 heteroatoms. The zero-order valence-corrected chi connectivity index (χ0v) is 20.9. The Balaban J connectivity index is 0.00000196. The molecule has 0 aliphatic carbocycles. The molecule has 0 bridgehead atoms. The molecule has 28 heavy (non-hydrogen) atoms. The van der Waals surface area contributed by atoms with Crippen molar-refractivity contribution in [1.29, 1.82) is 0 Å². The van der Waals surface area contributed by atoms with Crippen LogP contribution in [0.5, 0.6) is 28.7 Å². The number of phosphoric acid groups is 1. The number of methoxy groups -OCH3 is 2. The quantitative estimate of drug-likeness (QED) is 0.261. The van der Waals surface area contributed by atoms with E-state index in [-0.39, 0.29) is 77.4 Å². The van der Waals surface area contributed by atoms with Gasteiger partial charge < -0.3 is 37.8 Å². The van der Waals surface area contributed by atoms with Crippen molar-refractivity contribution in [2.45, 2.75) is 0 Å². The van der Waals surface area contributed by atoms with E-state index in [0.717, 1.165) is 5.56 Å². The molecule has 0 amide bonds. The van der Waals surface area contributed by atoms with Gasteiger partial charge >= 0.3 is 59.1 Å². The molecule has 3 rings (SSSR count). The van der Waals surface area contributed by atoms with E-state index in [1.165, 1.54) is 26.4 Å². The fourth-order valence-corrected chi connectivity index (χ4v) is 2.81. The molecule has 0 fully saturated rings. The number of ether oxygens (including phenoxy) is 4. The third-order valence-corrected chi connectivity index (χ3v) is 3.97. The van der Waals surface area contributed by atoms with Gasteiger partial charge in [-0.1, -0.05) is 18.2 Å². The van der Waals surface area contributed by atoms with Crippen LogP contribution in [0.1, 0.15) is 11.1 Å². The van der Waals surface area contributed by atoms with Gasteiger partial charge in [-0.25, -0.2) is 0 Å². The summed E-state index contributed by atoms with van der Waals surface area (Å²) in [5.74, 6) is 1.62. The second-order valence-corrected chi connectivity index (χ2v) is 6.32. The van der Waals surface area contributed by atoms with E-state index in [1.54, 1.807) is 30.4 Å². The van der Waals surface area contributed by atoms with Gasteiger partial charge in [-0.2, -0.15) is 0 Å². The summed E-state index contributed by atoms with van der Waals surface area (Å²) in [5.41, 5.74) is 1.38. The molecule has 8 nitrogen and oxygen atoms in total. The van der Waals surface area contributed by atoms with Crippen LogP contribution in [0.2, 0.25) is 0 Å².